The third-order valence-electron chi connectivity index (χ3n) is 10.1. The van der Waals surface area contributed by atoms with Crippen molar-refractivity contribution in [3.05, 3.63) is 141 Å². The average Bonchev–Trinajstić information content (AvgIpc) is 3.33. The van der Waals surface area contributed by atoms with Gasteiger partial charge in [0.25, 0.3) is 14.1 Å². The number of benzene rings is 3. The standard InChI is InChI=1S/C42H49N4O8P/c1-29(2)46(30(3)4)55(52-27-11-25-43)54-38-36-14-10-24-41(38,53-39(36)45-26-23-37(47)44-40(45)48)28-51-42(31-12-8-7-9-13-31,32-15-19-34(49-5)20-16-32)33-17-21-35(50-6)22-18-33/h7-10,12-13,15-24,26,29-30,36,38-39H,11,14,27-28H2,1-6H3,(H,44,47,48)/t36-,38+,39-,41-,55?/m1/s1. The third-order valence-corrected chi connectivity index (χ3v) is 12.2. The molecule has 3 aromatic carbocycles. The predicted molar refractivity (Wildman–Crippen MR) is 210 cm³/mol. The normalized spacial score (nSPS) is 21.2. The second-order valence-corrected chi connectivity index (χ2v) is 15.6. The lowest BCUT2D eigenvalue weighted by Gasteiger charge is -2.43. The van der Waals surface area contributed by atoms with Crippen LogP contribution in [0.5, 0.6) is 11.5 Å². The van der Waals surface area contributed by atoms with E-state index in [9.17, 15) is 14.9 Å². The lowest BCUT2D eigenvalue weighted by atomic mass is 9.79. The molecule has 2 aliphatic rings. The molecule has 4 aromatic rings. The van der Waals surface area contributed by atoms with Gasteiger partial charge in [-0.1, -0.05) is 66.7 Å². The van der Waals surface area contributed by atoms with Crippen LogP contribution in [0.4, 0.5) is 0 Å². The Morgan fingerprint density at radius 1 is 0.927 bits per heavy atom. The maximum Gasteiger partial charge on any atom is 0.330 e. The van der Waals surface area contributed by atoms with Crippen LogP contribution >= 0.6 is 8.53 Å². The van der Waals surface area contributed by atoms with Gasteiger partial charge in [-0.15, -0.1) is 0 Å². The zero-order valence-electron chi connectivity index (χ0n) is 32.1. The number of aromatic amines is 1. The highest BCUT2D eigenvalue weighted by Gasteiger charge is 2.59. The summed E-state index contributed by atoms with van der Waals surface area (Å²) in [6, 6.07) is 29.1. The molecule has 55 heavy (non-hydrogen) atoms. The second kappa shape index (κ2) is 17.5. The Hall–Kier alpha value is -4.60. The molecule has 0 spiro atoms. The van der Waals surface area contributed by atoms with Crippen LogP contribution in [0.25, 0.3) is 0 Å². The fourth-order valence-electron chi connectivity index (χ4n) is 7.60. The Labute approximate surface area is 323 Å². The van der Waals surface area contributed by atoms with E-state index in [0.29, 0.717) is 17.9 Å². The number of hydrogen-bond acceptors (Lipinski definition) is 10. The number of nitriles is 1. The average molecular weight is 769 g/mol. The van der Waals surface area contributed by atoms with Crippen molar-refractivity contribution in [3.63, 3.8) is 0 Å². The number of fused-ring (bicyclic) bond motifs is 2. The number of methoxy groups -OCH3 is 2. The van der Waals surface area contributed by atoms with Gasteiger partial charge in [-0.2, -0.15) is 5.26 Å². The van der Waals surface area contributed by atoms with Crippen LogP contribution in [0.3, 0.4) is 0 Å². The van der Waals surface area contributed by atoms with Crippen molar-refractivity contribution in [2.75, 3.05) is 27.4 Å². The van der Waals surface area contributed by atoms with Gasteiger partial charge in [0.15, 0.2) is 0 Å². The maximum atomic E-state index is 13.3. The summed E-state index contributed by atoms with van der Waals surface area (Å²) in [4.78, 5) is 27.9. The maximum absolute atomic E-state index is 13.3. The van der Waals surface area contributed by atoms with Crippen molar-refractivity contribution < 1.29 is 28.0 Å². The molecule has 1 aromatic heterocycles. The molecule has 2 bridgehead atoms. The minimum atomic E-state index is -1.73. The first-order valence-corrected chi connectivity index (χ1v) is 19.6. The van der Waals surface area contributed by atoms with Gasteiger partial charge in [0.1, 0.15) is 35.0 Å². The number of allylic oxidation sites excluding steroid dienone is 1. The molecule has 1 fully saturated rings. The number of nitrogens with one attached hydrogen (secondary N) is 1. The second-order valence-electron chi connectivity index (χ2n) is 14.1. The van der Waals surface area contributed by atoms with Crippen molar-refractivity contribution in [3.8, 4) is 17.6 Å². The molecule has 0 radical (unpaired) electrons. The molecular formula is C42H49N4O8P. The topological polar surface area (TPSA) is 137 Å². The largest absolute Gasteiger partial charge is 0.497 e. The number of aromatic nitrogens is 2. The first-order chi connectivity index (χ1) is 26.6. The van der Waals surface area contributed by atoms with Gasteiger partial charge in [0.05, 0.1) is 39.9 Å². The fraction of sp³-hybridized carbons (Fsp3) is 0.405. The molecule has 5 atom stereocenters. The molecule has 6 rings (SSSR count). The summed E-state index contributed by atoms with van der Waals surface area (Å²) < 4.78 is 42.7. The molecular weight excluding hydrogens is 719 g/mol. The zero-order valence-corrected chi connectivity index (χ0v) is 33.0. The van der Waals surface area contributed by atoms with Crippen molar-refractivity contribution >= 4 is 8.53 Å². The van der Waals surface area contributed by atoms with Gasteiger partial charge in [-0.3, -0.25) is 14.3 Å². The Morgan fingerprint density at radius 3 is 2.07 bits per heavy atom. The van der Waals surface area contributed by atoms with E-state index in [1.807, 2.05) is 91.0 Å². The van der Waals surface area contributed by atoms with Crippen molar-refractivity contribution in [2.45, 2.75) is 76.2 Å². The highest BCUT2D eigenvalue weighted by molar-refractivity contribution is 7.44. The summed E-state index contributed by atoms with van der Waals surface area (Å²) in [6.45, 7) is 8.49. The molecule has 1 aliphatic carbocycles. The minimum Gasteiger partial charge on any atom is -0.497 e. The van der Waals surface area contributed by atoms with E-state index < -0.39 is 43.3 Å². The molecule has 12 nitrogen and oxygen atoms in total. The predicted octanol–water partition coefficient (Wildman–Crippen LogP) is 7.07. The number of rotatable bonds is 17. The fourth-order valence-corrected chi connectivity index (χ4v) is 9.43. The molecule has 13 heteroatoms. The van der Waals surface area contributed by atoms with E-state index in [-0.39, 0.29) is 37.6 Å². The van der Waals surface area contributed by atoms with Crippen LogP contribution in [-0.4, -0.2) is 65.4 Å². The van der Waals surface area contributed by atoms with Crippen LogP contribution in [0.2, 0.25) is 0 Å². The van der Waals surface area contributed by atoms with Crippen LogP contribution in [0, 0.1) is 17.2 Å². The Bertz CT molecular complexity index is 2010. The van der Waals surface area contributed by atoms with Crippen molar-refractivity contribution in [1.29, 1.82) is 5.26 Å². The lowest BCUT2D eigenvalue weighted by Crippen LogP contribution is -2.50. The molecule has 1 N–H and O–H groups in total. The molecule has 0 saturated carbocycles. The third kappa shape index (κ3) is 8.19. The molecule has 2 heterocycles. The van der Waals surface area contributed by atoms with Crippen LogP contribution < -0.4 is 20.7 Å². The van der Waals surface area contributed by atoms with Gasteiger partial charge in [-0.05, 0) is 75.1 Å². The van der Waals surface area contributed by atoms with Crippen LogP contribution in [0.15, 0.2) is 113 Å². The minimum absolute atomic E-state index is 0.0169. The molecule has 0 amide bonds. The zero-order chi connectivity index (χ0) is 39.2. The van der Waals surface area contributed by atoms with Gasteiger partial charge in [-0.25, -0.2) is 9.46 Å². The number of hydrogen-bond donors (Lipinski definition) is 1. The monoisotopic (exact) mass is 768 g/mol. The lowest BCUT2D eigenvalue weighted by molar-refractivity contribution is -0.133. The van der Waals surface area contributed by atoms with E-state index in [4.69, 9.17) is 28.0 Å². The highest BCUT2D eigenvalue weighted by atomic mass is 31.2. The smallest absolute Gasteiger partial charge is 0.330 e. The Morgan fingerprint density at radius 2 is 1.53 bits per heavy atom. The number of H-pyrrole nitrogens is 1. The summed E-state index contributed by atoms with van der Waals surface area (Å²) in [5.74, 6) is 1.02. The van der Waals surface area contributed by atoms with E-state index in [1.54, 1.807) is 14.2 Å². The molecule has 1 aliphatic heterocycles. The highest BCUT2D eigenvalue weighted by Crippen LogP contribution is 2.57. The van der Waals surface area contributed by atoms with E-state index in [1.165, 1.54) is 16.8 Å². The van der Waals surface area contributed by atoms with Gasteiger partial charge >= 0.3 is 5.69 Å². The van der Waals surface area contributed by atoms with Crippen LogP contribution in [0.1, 0.15) is 63.5 Å². The quantitative estimate of drug-likeness (QED) is 0.0514. The molecule has 1 unspecified atom stereocenters. The summed E-state index contributed by atoms with van der Waals surface area (Å²) in [5, 5.41) is 9.39. The Kier molecular flexibility index (Phi) is 12.7. The van der Waals surface area contributed by atoms with Gasteiger partial charge < -0.3 is 28.0 Å². The van der Waals surface area contributed by atoms with E-state index in [2.05, 4.69) is 43.4 Å². The van der Waals surface area contributed by atoms with Crippen LogP contribution in [-0.2, 0) is 24.1 Å². The SMILES string of the molecule is COc1ccc(C(OC[C@@]23C=CC[C@@H]([C@H](n4ccc(=O)[nH]c4=O)O2)[C@@H]3OP(OCCC#N)N(C(C)C)C(C)C)(c2ccccc2)c2ccc(OC)cc2)cc1. The summed E-state index contributed by atoms with van der Waals surface area (Å²) in [7, 11) is 1.53. The summed E-state index contributed by atoms with van der Waals surface area (Å²) in [6.07, 6.45) is 4.70. The Balaban J connectivity index is 1.51. The first-order valence-electron chi connectivity index (χ1n) is 18.5. The summed E-state index contributed by atoms with van der Waals surface area (Å²) in [5.41, 5.74) is -0.948. The first kappa shape index (κ1) is 40.1. The van der Waals surface area contributed by atoms with Gasteiger partial charge in [0.2, 0.25) is 0 Å². The van der Waals surface area contributed by atoms with Crippen molar-refractivity contribution in [1.82, 2.24) is 14.2 Å². The molecule has 290 valence electrons. The summed E-state index contributed by atoms with van der Waals surface area (Å²) >= 11 is 0. The van der Waals surface area contributed by atoms with E-state index in [0.717, 1.165) is 16.7 Å². The van der Waals surface area contributed by atoms with Gasteiger partial charge in [0, 0.05) is 30.3 Å². The number of ether oxygens (including phenoxy) is 4. The van der Waals surface area contributed by atoms with E-state index >= 15 is 0 Å². The van der Waals surface area contributed by atoms with Crippen molar-refractivity contribution in [2.24, 2.45) is 5.92 Å². The molecule has 1 saturated heterocycles. The number of nitrogens with zero attached hydrogens (tertiary/aromatic N) is 3.